The Balaban J connectivity index is 2.02. The van der Waals surface area contributed by atoms with E-state index in [2.05, 4.69) is 134 Å². The Morgan fingerprint density at radius 3 is 1.62 bits per heavy atom. The highest BCUT2D eigenvalue weighted by atomic mass is 79.9. The van der Waals surface area contributed by atoms with Gasteiger partial charge in [-0.25, -0.2) is 0 Å². The number of hydrogen-bond donors (Lipinski definition) is 0. The Hall–Kier alpha value is -1.52. The van der Waals surface area contributed by atoms with Gasteiger partial charge in [0, 0.05) is 26.9 Å². The molecule has 196 valence electrons. The SMILES string of the molecule is CCCCCCN1c2ccc(Br)cc2B(c2c(C(C)C)cc(C(C)C)cc2C(C)C)c2cc(Br)ccc21. The first-order valence-electron chi connectivity index (χ1n) is 14.2. The van der Waals surface area contributed by atoms with Gasteiger partial charge in [0.05, 0.1) is 0 Å². The van der Waals surface area contributed by atoms with Crippen molar-refractivity contribution in [1.82, 2.24) is 0 Å². The molecule has 0 N–H and O–H groups in total. The summed E-state index contributed by atoms with van der Waals surface area (Å²) in [6, 6.07) is 18.9. The van der Waals surface area contributed by atoms with Gasteiger partial charge < -0.3 is 4.90 Å². The highest BCUT2D eigenvalue weighted by Crippen LogP contribution is 2.34. The van der Waals surface area contributed by atoms with Crippen molar-refractivity contribution in [2.75, 3.05) is 11.4 Å². The van der Waals surface area contributed by atoms with Crippen LogP contribution in [0.25, 0.3) is 0 Å². The molecule has 0 unspecified atom stereocenters. The van der Waals surface area contributed by atoms with E-state index in [0.717, 1.165) is 15.5 Å². The van der Waals surface area contributed by atoms with Crippen LogP contribution in [0.3, 0.4) is 0 Å². The molecule has 1 aliphatic heterocycles. The normalized spacial score (nSPS) is 13.1. The van der Waals surface area contributed by atoms with E-state index in [1.54, 1.807) is 0 Å². The van der Waals surface area contributed by atoms with E-state index in [4.69, 9.17) is 0 Å². The van der Waals surface area contributed by atoms with Crippen LogP contribution in [0.1, 0.15) is 109 Å². The first kappa shape index (κ1) is 28.5. The third kappa shape index (κ3) is 5.91. The van der Waals surface area contributed by atoms with Gasteiger partial charge in [0.15, 0.2) is 0 Å². The minimum Gasteiger partial charge on any atom is -0.342 e. The number of nitrogens with zero attached hydrogens (tertiary/aromatic N) is 1. The Labute approximate surface area is 242 Å². The third-order valence-electron chi connectivity index (χ3n) is 7.88. The second kappa shape index (κ2) is 12.1. The van der Waals surface area contributed by atoms with Crippen LogP contribution >= 0.6 is 31.9 Å². The number of benzene rings is 3. The molecule has 0 aliphatic carbocycles. The molecule has 0 radical (unpaired) electrons. The number of anilines is 2. The maximum atomic E-state index is 3.84. The van der Waals surface area contributed by atoms with Crippen LogP contribution in [-0.2, 0) is 0 Å². The molecule has 0 atom stereocenters. The Kier molecular flexibility index (Phi) is 9.33. The van der Waals surface area contributed by atoms with Crippen molar-refractivity contribution < 1.29 is 0 Å². The lowest BCUT2D eigenvalue weighted by Crippen LogP contribution is -2.60. The maximum Gasteiger partial charge on any atom is 0.247 e. The predicted molar refractivity (Wildman–Crippen MR) is 173 cm³/mol. The molecule has 0 bridgehead atoms. The molecule has 0 saturated carbocycles. The summed E-state index contributed by atoms with van der Waals surface area (Å²) in [5.41, 5.74) is 11.5. The molecule has 37 heavy (non-hydrogen) atoms. The lowest BCUT2D eigenvalue weighted by molar-refractivity contribution is 0.668. The molecule has 0 fully saturated rings. The van der Waals surface area contributed by atoms with Crippen molar-refractivity contribution >= 4 is 66.3 Å². The van der Waals surface area contributed by atoms with Gasteiger partial charge in [0.1, 0.15) is 0 Å². The van der Waals surface area contributed by atoms with Gasteiger partial charge in [-0.1, -0.05) is 129 Å². The fraction of sp³-hybridized carbons (Fsp3) is 0.455. The van der Waals surface area contributed by atoms with E-state index in [1.165, 1.54) is 70.1 Å². The standard InChI is InChI=1S/C33H42BBr2N/c1-8-9-10-11-16-37-31-14-12-25(35)19-29(31)34(30-20-26(36)13-15-32(30)37)33-27(22(4)5)17-24(21(2)3)18-28(33)23(6)7/h12-15,17-23H,8-11,16H2,1-7H3. The van der Waals surface area contributed by atoms with Gasteiger partial charge in [-0.2, -0.15) is 0 Å². The van der Waals surface area contributed by atoms with Crippen molar-refractivity contribution in [3.05, 3.63) is 74.2 Å². The Morgan fingerprint density at radius 2 is 1.19 bits per heavy atom. The zero-order chi connectivity index (χ0) is 26.9. The number of rotatable bonds is 9. The highest BCUT2D eigenvalue weighted by molar-refractivity contribution is 9.10. The van der Waals surface area contributed by atoms with E-state index in [-0.39, 0.29) is 6.71 Å². The molecule has 0 saturated heterocycles. The van der Waals surface area contributed by atoms with Crippen molar-refractivity contribution in [2.24, 2.45) is 0 Å². The van der Waals surface area contributed by atoms with E-state index >= 15 is 0 Å². The Morgan fingerprint density at radius 1 is 0.676 bits per heavy atom. The van der Waals surface area contributed by atoms with Crippen LogP contribution in [0.2, 0.25) is 0 Å². The molecule has 3 aromatic rings. The van der Waals surface area contributed by atoms with Gasteiger partial charge in [-0.3, -0.25) is 0 Å². The largest absolute Gasteiger partial charge is 0.342 e. The lowest BCUT2D eigenvalue weighted by atomic mass is 9.33. The van der Waals surface area contributed by atoms with Crippen LogP contribution in [-0.4, -0.2) is 13.3 Å². The molecular weight excluding hydrogens is 581 g/mol. The molecule has 0 amide bonds. The lowest BCUT2D eigenvalue weighted by Gasteiger charge is -2.39. The van der Waals surface area contributed by atoms with Crippen molar-refractivity contribution in [2.45, 2.75) is 91.9 Å². The predicted octanol–water partition coefficient (Wildman–Crippen LogP) is 9.13. The summed E-state index contributed by atoms with van der Waals surface area (Å²) in [6.45, 7) is 17.6. The number of halogens is 2. The van der Waals surface area contributed by atoms with Gasteiger partial charge in [-0.15, -0.1) is 0 Å². The van der Waals surface area contributed by atoms with Crippen LogP contribution in [0.5, 0.6) is 0 Å². The van der Waals surface area contributed by atoms with Crippen LogP contribution in [0.15, 0.2) is 57.5 Å². The molecule has 1 nitrogen and oxygen atoms in total. The monoisotopic (exact) mass is 621 g/mol. The van der Waals surface area contributed by atoms with Crippen molar-refractivity contribution in [3.8, 4) is 0 Å². The van der Waals surface area contributed by atoms with E-state index < -0.39 is 0 Å². The molecule has 1 aliphatic rings. The minimum absolute atomic E-state index is 0.197. The quantitative estimate of drug-likeness (QED) is 0.170. The van der Waals surface area contributed by atoms with E-state index in [0.29, 0.717) is 17.8 Å². The number of hydrogen-bond acceptors (Lipinski definition) is 1. The number of unbranched alkanes of at least 4 members (excludes halogenated alkanes) is 3. The summed E-state index contributed by atoms with van der Waals surface area (Å²) in [4.78, 5) is 2.59. The highest BCUT2D eigenvalue weighted by Gasteiger charge is 2.38. The smallest absolute Gasteiger partial charge is 0.247 e. The average Bonchev–Trinajstić information content (AvgIpc) is 2.85. The van der Waals surface area contributed by atoms with Gasteiger partial charge >= 0.3 is 0 Å². The first-order valence-corrected chi connectivity index (χ1v) is 15.8. The van der Waals surface area contributed by atoms with Crippen LogP contribution < -0.4 is 21.3 Å². The van der Waals surface area contributed by atoms with Gasteiger partial charge in [0.2, 0.25) is 6.71 Å². The fourth-order valence-electron chi connectivity index (χ4n) is 5.90. The van der Waals surface area contributed by atoms with Crippen LogP contribution in [0, 0.1) is 0 Å². The molecule has 4 rings (SSSR count). The summed E-state index contributed by atoms with van der Waals surface area (Å²) in [5.74, 6) is 1.41. The molecule has 3 aromatic carbocycles. The summed E-state index contributed by atoms with van der Waals surface area (Å²) in [6.07, 6.45) is 5.05. The van der Waals surface area contributed by atoms with E-state index in [1.807, 2.05) is 0 Å². The second-order valence-electron chi connectivity index (χ2n) is 11.6. The molecule has 0 aromatic heterocycles. The molecule has 1 heterocycles. The van der Waals surface area contributed by atoms with Crippen molar-refractivity contribution in [1.29, 1.82) is 0 Å². The fourth-order valence-corrected chi connectivity index (χ4v) is 6.65. The zero-order valence-corrected chi connectivity index (χ0v) is 26.8. The maximum absolute atomic E-state index is 3.84. The molecular formula is C33H42BBr2N. The summed E-state index contributed by atoms with van der Waals surface area (Å²) >= 11 is 7.67. The van der Waals surface area contributed by atoms with Crippen LogP contribution in [0.4, 0.5) is 11.4 Å². The molecule has 0 spiro atoms. The van der Waals surface area contributed by atoms with Gasteiger partial charge in [-0.05, 0) is 76.1 Å². The summed E-state index contributed by atoms with van der Waals surface area (Å²) in [5, 5.41) is 0. The minimum atomic E-state index is 0.197. The third-order valence-corrected chi connectivity index (χ3v) is 8.87. The molecule has 4 heteroatoms. The van der Waals surface area contributed by atoms with E-state index in [9.17, 15) is 0 Å². The van der Waals surface area contributed by atoms with Gasteiger partial charge in [0.25, 0.3) is 0 Å². The summed E-state index contributed by atoms with van der Waals surface area (Å²) in [7, 11) is 0. The average molecular weight is 623 g/mol. The first-order chi connectivity index (χ1) is 17.6. The zero-order valence-electron chi connectivity index (χ0n) is 23.7. The second-order valence-corrected chi connectivity index (χ2v) is 13.5. The van der Waals surface area contributed by atoms with Crippen molar-refractivity contribution in [3.63, 3.8) is 0 Å². The topological polar surface area (TPSA) is 3.24 Å². The Bertz CT molecular complexity index is 1160. The number of fused-ring (bicyclic) bond motifs is 2. The summed E-state index contributed by atoms with van der Waals surface area (Å²) < 4.78 is 2.30.